The van der Waals surface area contributed by atoms with Crippen molar-refractivity contribution in [2.24, 2.45) is 11.3 Å². The van der Waals surface area contributed by atoms with Gasteiger partial charge in [-0.1, -0.05) is 34.1 Å². The maximum Gasteiger partial charge on any atom is 0.220 e. The summed E-state index contributed by atoms with van der Waals surface area (Å²) in [4.78, 5) is 11.5. The molecule has 0 fully saturated rings. The summed E-state index contributed by atoms with van der Waals surface area (Å²) in [5, 5.41) is 20.3. The van der Waals surface area contributed by atoms with Gasteiger partial charge in [-0.05, 0) is 17.8 Å². The molecule has 0 saturated heterocycles. The predicted molar refractivity (Wildman–Crippen MR) is 68.6 cm³/mol. The molecule has 17 heavy (non-hydrogen) atoms. The summed E-state index contributed by atoms with van der Waals surface area (Å²) in [6, 6.07) is 0. The van der Waals surface area contributed by atoms with Crippen molar-refractivity contribution in [3.8, 4) is 0 Å². The van der Waals surface area contributed by atoms with E-state index in [2.05, 4.69) is 33.0 Å². The summed E-state index contributed by atoms with van der Waals surface area (Å²) >= 11 is 0. The Bertz CT molecular complexity index is 229. The van der Waals surface area contributed by atoms with Gasteiger partial charge in [-0.25, -0.2) is 0 Å². The molecule has 0 aliphatic carbocycles. The Labute approximate surface area is 104 Å². The van der Waals surface area contributed by atoms with Crippen LogP contribution >= 0.6 is 0 Å². The molecular weight excluding hydrogens is 218 g/mol. The Balaban J connectivity index is 3.84. The van der Waals surface area contributed by atoms with Crippen LogP contribution < -0.4 is 5.32 Å². The van der Waals surface area contributed by atoms with Crippen LogP contribution in [-0.2, 0) is 4.79 Å². The average molecular weight is 245 g/mol. The number of nitrogens with one attached hydrogen (secondary N) is 1. The lowest BCUT2D eigenvalue weighted by Gasteiger charge is -2.30. The minimum absolute atomic E-state index is 0.0590. The lowest BCUT2D eigenvalue weighted by molar-refractivity contribution is -0.122. The normalized spacial score (nSPS) is 15.4. The minimum Gasteiger partial charge on any atom is -0.394 e. The van der Waals surface area contributed by atoms with E-state index >= 15 is 0 Å². The molecule has 0 spiro atoms. The van der Waals surface area contributed by atoms with Gasteiger partial charge in [-0.2, -0.15) is 0 Å². The molecule has 4 nitrogen and oxygen atoms in total. The Morgan fingerprint density at radius 2 is 2.00 bits per heavy atom. The van der Waals surface area contributed by atoms with E-state index in [4.69, 9.17) is 10.2 Å². The van der Waals surface area contributed by atoms with E-state index in [-0.39, 0.29) is 24.5 Å². The second-order valence-corrected chi connectivity index (χ2v) is 5.42. The maximum atomic E-state index is 11.5. The third-order valence-corrected chi connectivity index (χ3v) is 3.80. The van der Waals surface area contributed by atoms with Crippen LogP contribution in [0.15, 0.2) is 0 Å². The molecule has 0 radical (unpaired) electrons. The second-order valence-electron chi connectivity index (χ2n) is 5.42. The van der Waals surface area contributed by atoms with Crippen molar-refractivity contribution in [1.29, 1.82) is 0 Å². The van der Waals surface area contributed by atoms with Gasteiger partial charge < -0.3 is 15.5 Å². The molecule has 102 valence electrons. The van der Waals surface area contributed by atoms with E-state index in [1.165, 1.54) is 0 Å². The number of carbonyl (C=O) groups excluding carboxylic acids is 1. The van der Waals surface area contributed by atoms with Crippen molar-refractivity contribution < 1.29 is 15.0 Å². The van der Waals surface area contributed by atoms with Crippen LogP contribution in [0.4, 0.5) is 0 Å². The number of aliphatic hydroxyl groups is 2. The standard InChI is InChI=1S/C13H27NO3/c1-5-13(3,4)10(2)6-7-12(17)14-8-11(16)9-15/h10-11,15-16H,5-9H2,1-4H3,(H,14,17). The molecule has 0 aliphatic rings. The Morgan fingerprint density at radius 1 is 1.41 bits per heavy atom. The van der Waals surface area contributed by atoms with Crippen molar-refractivity contribution in [3.63, 3.8) is 0 Å². The van der Waals surface area contributed by atoms with E-state index < -0.39 is 6.10 Å². The third kappa shape index (κ3) is 6.64. The lowest BCUT2D eigenvalue weighted by atomic mass is 9.75. The number of hydrogen-bond donors (Lipinski definition) is 3. The van der Waals surface area contributed by atoms with Crippen LogP contribution in [0.5, 0.6) is 0 Å². The van der Waals surface area contributed by atoms with Crippen molar-refractivity contribution in [1.82, 2.24) is 5.32 Å². The largest absolute Gasteiger partial charge is 0.394 e. The summed E-state index contributed by atoms with van der Waals surface area (Å²) in [5.74, 6) is 0.428. The quantitative estimate of drug-likeness (QED) is 0.604. The van der Waals surface area contributed by atoms with E-state index in [1.807, 2.05) is 0 Å². The fourth-order valence-electron chi connectivity index (χ4n) is 1.47. The molecule has 0 rings (SSSR count). The third-order valence-electron chi connectivity index (χ3n) is 3.80. The van der Waals surface area contributed by atoms with Gasteiger partial charge in [0.25, 0.3) is 0 Å². The molecule has 0 heterocycles. The smallest absolute Gasteiger partial charge is 0.220 e. The maximum absolute atomic E-state index is 11.5. The summed E-state index contributed by atoms with van der Waals surface area (Å²) in [6.07, 6.45) is 1.56. The lowest BCUT2D eigenvalue weighted by Crippen LogP contribution is -2.34. The molecule has 2 unspecified atom stereocenters. The summed E-state index contributed by atoms with van der Waals surface area (Å²) in [6.45, 7) is 8.56. The van der Waals surface area contributed by atoms with Gasteiger partial charge in [-0.3, -0.25) is 4.79 Å². The molecule has 1 amide bonds. The number of amides is 1. The van der Waals surface area contributed by atoms with Gasteiger partial charge in [0.15, 0.2) is 0 Å². The van der Waals surface area contributed by atoms with Gasteiger partial charge >= 0.3 is 0 Å². The Kier molecular flexibility index (Phi) is 7.39. The number of carbonyl (C=O) groups is 1. The molecule has 4 heteroatoms. The topological polar surface area (TPSA) is 69.6 Å². The molecule has 3 N–H and O–H groups in total. The first-order valence-electron chi connectivity index (χ1n) is 6.39. The zero-order chi connectivity index (χ0) is 13.5. The SMILES string of the molecule is CCC(C)(C)C(C)CCC(=O)NCC(O)CO. The molecular formula is C13H27NO3. The summed E-state index contributed by atoms with van der Waals surface area (Å²) in [7, 11) is 0. The van der Waals surface area contributed by atoms with Crippen LogP contribution in [0, 0.1) is 11.3 Å². The minimum atomic E-state index is -0.858. The van der Waals surface area contributed by atoms with Gasteiger partial charge in [-0.15, -0.1) is 0 Å². The first-order chi connectivity index (χ1) is 7.83. The summed E-state index contributed by atoms with van der Waals surface area (Å²) in [5.41, 5.74) is 0.255. The monoisotopic (exact) mass is 245 g/mol. The fraction of sp³-hybridized carbons (Fsp3) is 0.923. The van der Waals surface area contributed by atoms with Crippen molar-refractivity contribution in [3.05, 3.63) is 0 Å². The zero-order valence-electron chi connectivity index (χ0n) is 11.5. The molecule has 2 atom stereocenters. The van der Waals surface area contributed by atoms with Crippen LogP contribution in [-0.4, -0.2) is 35.4 Å². The molecule has 0 bridgehead atoms. The van der Waals surface area contributed by atoms with Crippen LogP contribution in [0.25, 0.3) is 0 Å². The van der Waals surface area contributed by atoms with E-state index in [0.29, 0.717) is 12.3 Å². The van der Waals surface area contributed by atoms with Crippen molar-refractivity contribution >= 4 is 5.91 Å². The van der Waals surface area contributed by atoms with Crippen LogP contribution in [0.1, 0.15) is 47.0 Å². The Hall–Kier alpha value is -0.610. The highest BCUT2D eigenvalue weighted by Crippen LogP contribution is 2.32. The van der Waals surface area contributed by atoms with Crippen molar-refractivity contribution in [2.45, 2.75) is 53.1 Å². The highest BCUT2D eigenvalue weighted by atomic mass is 16.3. The van der Waals surface area contributed by atoms with Gasteiger partial charge in [0.2, 0.25) is 5.91 Å². The summed E-state index contributed by atoms with van der Waals surface area (Å²) < 4.78 is 0. The second kappa shape index (κ2) is 7.67. The van der Waals surface area contributed by atoms with Crippen LogP contribution in [0.2, 0.25) is 0 Å². The van der Waals surface area contributed by atoms with E-state index in [9.17, 15) is 4.79 Å². The predicted octanol–water partition coefficient (Wildman–Crippen LogP) is 1.31. The van der Waals surface area contributed by atoms with E-state index in [1.54, 1.807) is 0 Å². The van der Waals surface area contributed by atoms with Crippen molar-refractivity contribution in [2.75, 3.05) is 13.2 Å². The zero-order valence-corrected chi connectivity index (χ0v) is 11.5. The highest BCUT2D eigenvalue weighted by molar-refractivity contribution is 5.75. The van der Waals surface area contributed by atoms with Gasteiger partial charge in [0, 0.05) is 13.0 Å². The molecule has 0 aromatic heterocycles. The molecule has 0 saturated carbocycles. The highest BCUT2D eigenvalue weighted by Gasteiger charge is 2.23. The average Bonchev–Trinajstić information content (AvgIpc) is 2.32. The van der Waals surface area contributed by atoms with Crippen LogP contribution in [0.3, 0.4) is 0 Å². The first kappa shape index (κ1) is 16.4. The first-order valence-corrected chi connectivity index (χ1v) is 6.39. The van der Waals surface area contributed by atoms with E-state index in [0.717, 1.165) is 12.8 Å². The van der Waals surface area contributed by atoms with Gasteiger partial charge in [0.1, 0.15) is 0 Å². The number of rotatable bonds is 8. The Morgan fingerprint density at radius 3 is 2.47 bits per heavy atom. The number of aliphatic hydroxyl groups excluding tert-OH is 2. The number of hydrogen-bond acceptors (Lipinski definition) is 3. The van der Waals surface area contributed by atoms with Gasteiger partial charge in [0.05, 0.1) is 12.7 Å². The molecule has 0 aromatic carbocycles. The molecule has 0 aromatic rings. The fourth-order valence-corrected chi connectivity index (χ4v) is 1.47. The molecule has 0 aliphatic heterocycles.